The predicted molar refractivity (Wildman–Crippen MR) is 99.0 cm³/mol. The SMILES string of the molecule is Cc1nc2ccccc2c2nn(CC(=O)N3CC(C)CC(C)C3)c(=O)n12. The van der Waals surface area contributed by atoms with Crippen molar-refractivity contribution in [3.63, 3.8) is 0 Å². The maximum absolute atomic E-state index is 12.8. The molecule has 2 aromatic heterocycles. The average Bonchev–Trinajstić information content (AvgIpc) is 2.91. The summed E-state index contributed by atoms with van der Waals surface area (Å²) in [5.41, 5.74) is 1.02. The Morgan fingerprint density at radius 2 is 1.88 bits per heavy atom. The molecule has 1 amide bonds. The zero-order valence-corrected chi connectivity index (χ0v) is 15.3. The Morgan fingerprint density at radius 1 is 1.19 bits per heavy atom. The standard InChI is InChI=1S/C19H23N5O2/c1-12-8-13(2)10-22(9-12)17(25)11-23-19(26)24-14(3)20-16-7-5-4-6-15(16)18(24)21-23/h4-7,12-13H,8-11H2,1-3H3. The van der Waals surface area contributed by atoms with Crippen LogP contribution in [0.3, 0.4) is 0 Å². The molecule has 0 radical (unpaired) electrons. The summed E-state index contributed by atoms with van der Waals surface area (Å²) in [6.07, 6.45) is 1.13. The summed E-state index contributed by atoms with van der Waals surface area (Å²) in [5.74, 6) is 1.48. The molecule has 7 nitrogen and oxygen atoms in total. The lowest BCUT2D eigenvalue weighted by Crippen LogP contribution is -2.45. The second-order valence-electron chi connectivity index (χ2n) is 7.52. The van der Waals surface area contributed by atoms with E-state index < -0.39 is 0 Å². The van der Waals surface area contributed by atoms with Crippen molar-refractivity contribution in [3.8, 4) is 0 Å². The number of carbonyl (C=O) groups is 1. The quantitative estimate of drug-likeness (QED) is 0.705. The highest BCUT2D eigenvalue weighted by atomic mass is 16.2. The zero-order valence-electron chi connectivity index (χ0n) is 15.3. The number of carbonyl (C=O) groups excluding carboxylic acids is 1. The molecule has 1 aromatic carbocycles. The van der Waals surface area contributed by atoms with Gasteiger partial charge in [0, 0.05) is 18.5 Å². The van der Waals surface area contributed by atoms with Gasteiger partial charge in [-0.05, 0) is 37.3 Å². The number of nitrogens with zero attached hydrogens (tertiary/aromatic N) is 5. The van der Waals surface area contributed by atoms with Crippen LogP contribution in [0.5, 0.6) is 0 Å². The molecule has 1 aliphatic heterocycles. The molecule has 26 heavy (non-hydrogen) atoms. The van der Waals surface area contributed by atoms with Gasteiger partial charge in [0.25, 0.3) is 0 Å². The van der Waals surface area contributed by atoms with Gasteiger partial charge in [-0.2, -0.15) is 0 Å². The molecule has 2 unspecified atom stereocenters. The van der Waals surface area contributed by atoms with E-state index in [4.69, 9.17) is 0 Å². The lowest BCUT2D eigenvalue weighted by Gasteiger charge is -2.34. The van der Waals surface area contributed by atoms with Crippen molar-refractivity contribution >= 4 is 22.5 Å². The Hall–Kier alpha value is -2.70. The van der Waals surface area contributed by atoms with Crippen LogP contribution in [0.2, 0.25) is 0 Å². The number of para-hydroxylation sites is 1. The summed E-state index contributed by atoms with van der Waals surface area (Å²) in [5, 5.41) is 5.26. The molecule has 3 heterocycles. The minimum absolute atomic E-state index is 0.0340. The van der Waals surface area contributed by atoms with Gasteiger partial charge in [0.15, 0.2) is 5.65 Å². The van der Waals surface area contributed by atoms with E-state index in [1.165, 1.54) is 9.08 Å². The number of likely N-dealkylation sites (tertiary alicyclic amines) is 1. The van der Waals surface area contributed by atoms with Gasteiger partial charge in [0.2, 0.25) is 5.91 Å². The van der Waals surface area contributed by atoms with Gasteiger partial charge < -0.3 is 4.90 Å². The molecule has 0 saturated carbocycles. The second-order valence-corrected chi connectivity index (χ2v) is 7.52. The van der Waals surface area contributed by atoms with Gasteiger partial charge in [0.1, 0.15) is 12.4 Å². The summed E-state index contributed by atoms with van der Waals surface area (Å²) < 4.78 is 2.75. The first-order valence-electron chi connectivity index (χ1n) is 9.06. The fourth-order valence-electron chi connectivity index (χ4n) is 4.06. The Bertz CT molecular complexity index is 1040. The molecule has 0 bridgehead atoms. The second kappa shape index (κ2) is 6.23. The average molecular weight is 353 g/mol. The van der Waals surface area contributed by atoms with Crippen LogP contribution in [-0.4, -0.2) is 43.1 Å². The van der Waals surface area contributed by atoms with Gasteiger partial charge >= 0.3 is 5.69 Å². The molecule has 1 fully saturated rings. The Kier molecular flexibility index (Phi) is 4.01. The Morgan fingerprint density at radius 3 is 2.62 bits per heavy atom. The third-order valence-corrected chi connectivity index (χ3v) is 5.10. The van der Waals surface area contributed by atoms with Crippen molar-refractivity contribution in [1.82, 2.24) is 24.1 Å². The number of benzene rings is 1. The van der Waals surface area contributed by atoms with Crippen LogP contribution in [0.4, 0.5) is 0 Å². The van der Waals surface area contributed by atoms with E-state index in [2.05, 4.69) is 23.9 Å². The number of aromatic nitrogens is 4. The summed E-state index contributed by atoms with van der Waals surface area (Å²) in [4.78, 5) is 31.9. The third-order valence-electron chi connectivity index (χ3n) is 5.10. The third kappa shape index (κ3) is 2.77. The van der Waals surface area contributed by atoms with E-state index in [0.717, 1.165) is 30.4 Å². The lowest BCUT2D eigenvalue weighted by atomic mass is 9.92. The first kappa shape index (κ1) is 16.8. The molecule has 0 spiro atoms. The molecule has 2 atom stereocenters. The monoisotopic (exact) mass is 353 g/mol. The smallest absolute Gasteiger partial charge is 0.341 e. The zero-order chi connectivity index (χ0) is 18.4. The minimum atomic E-state index is -0.317. The summed E-state index contributed by atoms with van der Waals surface area (Å²) in [6.45, 7) is 7.56. The molecule has 0 aliphatic carbocycles. The van der Waals surface area contributed by atoms with Crippen LogP contribution in [0.25, 0.3) is 16.6 Å². The maximum Gasteiger partial charge on any atom is 0.352 e. The van der Waals surface area contributed by atoms with Gasteiger partial charge in [-0.15, -0.1) is 5.10 Å². The molecule has 3 aromatic rings. The van der Waals surface area contributed by atoms with Crippen molar-refractivity contribution in [1.29, 1.82) is 0 Å². The van der Waals surface area contributed by atoms with Crippen LogP contribution in [0.1, 0.15) is 26.1 Å². The van der Waals surface area contributed by atoms with Crippen LogP contribution in [-0.2, 0) is 11.3 Å². The number of fused-ring (bicyclic) bond motifs is 3. The van der Waals surface area contributed by atoms with Crippen molar-refractivity contribution in [3.05, 3.63) is 40.6 Å². The van der Waals surface area contributed by atoms with E-state index in [1.54, 1.807) is 6.92 Å². The van der Waals surface area contributed by atoms with Crippen LogP contribution in [0.15, 0.2) is 29.1 Å². The van der Waals surface area contributed by atoms with Crippen LogP contribution in [0, 0.1) is 18.8 Å². The first-order chi connectivity index (χ1) is 12.4. The number of aryl methyl sites for hydroxylation is 1. The number of hydrogen-bond donors (Lipinski definition) is 0. The van der Waals surface area contributed by atoms with Gasteiger partial charge in [-0.1, -0.05) is 26.0 Å². The van der Waals surface area contributed by atoms with Crippen molar-refractivity contribution < 1.29 is 4.79 Å². The summed E-state index contributed by atoms with van der Waals surface area (Å²) >= 11 is 0. The van der Waals surface area contributed by atoms with Crippen molar-refractivity contribution in [2.45, 2.75) is 33.7 Å². The van der Waals surface area contributed by atoms with E-state index in [-0.39, 0.29) is 18.1 Å². The highest BCUT2D eigenvalue weighted by Gasteiger charge is 2.26. The van der Waals surface area contributed by atoms with Crippen molar-refractivity contribution in [2.75, 3.05) is 13.1 Å². The first-order valence-corrected chi connectivity index (χ1v) is 9.06. The van der Waals surface area contributed by atoms with Gasteiger partial charge in [0.05, 0.1) is 5.52 Å². The van der Waals surface area contributed by atoms with Gasteiger partial charge in [-0.3, -0.25) is 4.79 Å². The van der Waals surface area contributed by atoms with Crippen LogP contribution >= 0.6 is 0 Å². The molecule has 7 heteroatoms. The predicted octanol–water partition coefficient (Wildman–Crippen LogP) is 1.86. The number of piperidine rings is 1. The maximum atomic E-state index is 12.8. The van der Waals surface area contributed by atoms with E-state index in [9.17, 15) is 9.59 Å². The highest BCUT2D eigenvalue weighted by molar-refractivity contribution is 5.91. The van der Waals surface area contributed by atoms with E-state index >= 15 is 0 Å². The lowest BCUT2D eigenvalue weighted by molar-refractivity contribution is -0.134. The minimum Gasteiger partial charge on any atom is -0.341 e. The van der Waals surface area contributed by atoms with E-state index in [0.29, 0.717) is 23.3 Å². The molecule has 136 valence electrons. The molecular weight excluding hydrogens is 330 g/mol. The molecule has 0 N–H and O–H groups in total. The topological polar surface area (TPSA) is 72.5 Å². The number of amides is 1. The normalized spacial score (nSPS) is 20.8. The van der Waals surface area contributed by atoms with E-state index in [1.807, 2.05) is 29.2 Å². The summed E-state index contributed by atoms with van der Waals surface area (Å²) in [6, 6.07) is 7.59. The largest absolute Gasteiger partial charge is 0.352 e. The molecule has 4 rings (SSSR count). The Labute approximate surface area is 151 Å². The number of rotatable bonds is 2. The molecule has 1 aliphatic rings. The fourth-order valence-corrected chi connectivity index (χ4v) is 4.06. The Balaban J connectivity index is 1.72. The molecular formula is C19H23N5O2. The fraction of sp³-hybridized carbons (Fsp3) is 0.474. The van der Waals surface area contributed by atoms with Crippen LogP contribution < -0.4 is 5.69 Å². The number of hydrogen-bond acceptors (Lipinski definition) is 4. The summed E-state index contributed by atoms with van der Waals surface area (Å²) in [7, 11) is 0. The van der Waals surface area contributed by atoms with Crippen molar-refractivity contribution in [2.24, 2.45) is 11.8 Å². The highest BCUT2D eigenvalue weighted by Crippen LogP contribution is 2.21. The molecule has 1 saturated heterocycles. The van der Waals surface area contributed by atoms with Gasteiger partial charge in [-0.25, -0.2) is 18.9 Å².